The molecule has 2 aromatic rings. The topological polar surface area (TPSA) is 29.9 Å². The summed E-state index contributed by atoms with van der Waals surface area (Å²) in [4.78, 5) is 0. The van der Waals surface area contributed by atoms with Gasteiger partial charge in [-0.25, -0.2) is 4.39 Å². The van der Waals surface area contributed by atoms with Crippen LogP contribution in [0.2, 0.25) is 0 Å². The number of aromatic nitrogens is 2. The fourth-order valence-electron chi connectivity index (χ4n) is 1.82. The molecule has 0 atom stereocenters. The van der Waals surface area contributed by atoms with Crippen LogP contribution in [0.3, 0.4) is 0 Å². The summed E-state index contributed by atoms with van der Waals surface area (Å²) in [5.41, 5.74) is 2.48. The van der Waals surface area contributed by atoms with Crippen molar-refractivity contribution in [2.45, 2.75) is 26.9 Å². The Labute approximate surface area is 114 Å². The summed E-state index contributed by atoms with van der Waals surface area (Å²) in [6, 6.07) is 6.65. The van der Waals surface area contributed by atoms with E-state index < -0.39 is 0 Å². The number of hydrogen-bond donors (Lipinski definition) is 1. The highest BCUT2D eigenvalue weighted by Crippen LogP contribution is 2.22. The lowest BCUT2D eigenvalue weighted by atomic mass is 10.3. The number of aryl methyl sites for hydroxylation is 2. The molecule has 1 heterocycles. The molecule has 0 radical (unpaired) electrons. The molecule has 5 heteroatoms. The van der Waals surface area contributed by atoms with Crippen molar-refractivity contribution < 1.29 is 4.39 Å². The van der Waals surface area contributed by atoms with E-state index in [1.165, 1.54) is 6.07 Å². The molecular weight excluding hydrogens is 297 g/mol. The smallest absolute Gasteiger partial charge is 0.146 e. The van der Waals surface area contributed by atoms with E-state index in [-0.39, 0.29) is 5.82 Å². The van der Waals surface area contributed by atoms with E-state index in [4.69, 9.17) is 0 Å². The molecule has 0 aliphatic carbocycles. The van der Waals surface area contributed by atoms with Crippen LogP contribution in [0.1, 0.15) is 18.3 Å². The van der Waals surface area contributed by atoms with Crippen molar-refractivity contribution in [3.05, 3.63) is 45.9 Å². The second-order valence-electron chi connectivity index (χ2n) is 4.00. The second kappa shape index (κ2) is 5.52. The molecule has 3 nitrogen and oxygen atoms in total. The number of anilines is 1. The Hall–Kier alpha value is -1.36. The quantitative estimate of drug-likeness (QED) is 0.932. The molecular formula is C13H15BrFN3. The maximum absolute atomic E-state index is 13.5. The van der Waals surface area contributed by atoms with Crippen molar-refractivity contribution in [3.63, 3.8) is 0 Å². The molecule has 1 aromatic heterocycles. The molecule has 0 unspecified atom stereocenters. The molecule has 0 amide bonds. The Morgan fingerprint density at radius 3 is 2.78 bits per heavy atom. The Kier molecular flexibility index (Phi) is 4.01. The lowest BCUT2D eigenvalue weighted by Crippen LogP contribution is -2.09. The Balaban J connectivity index is 2.18. The monoisotopic (exact) mass is 311 g/mol. The molecule has 18 heavy (non-hydrogen) atoms. The third-order valence-corrected chi connectivity index (χ3v) is 3.80. The van der Waals surface area contributed by atoms with E-state index in [1.54, 1.807) is 12.1 Å². The Bertz CT molecular complexity index is 551. The first kappa shape index (κ1) is 13.1. The maximum atomic E-state index is 13.5. The van der Waals surface area contributed by atoms with Gasteiger partial charge in [0.15, 0.2) is 0 Å². The van der Waals surface area contributed by atoms with Crippen LogP contribution in [0.4, 0.5) is 10.1 Å². The van der Waals surface area contributed by atoms with Crippen molar-refractivity contribution >= 4 is 21.6 Å². The van der Waals surface area contributed by atoms with Gasteiger partial charge in [-0.2, -0.15) is 5.10 Å². The molecule has 0 saturated carbocycles. The highest BCUT2D eigenvalue weighted by molar-refractivity contribution is 9.10. The van der Waals surface area contributed by atoms with Gasteiger partial charge < -0.3 is 5.32 Å². The second-order valence-corrected chi connectivity index (χ2v) is 4.79. The summed E-state index contributed by atoms with van der Waals surface area (Å²) in [5.74, 6) is -0.243. The fraction of sp³-hybridized carbons (Fsp3) is 0.308. The van der Waals surface area contributed by atoms with Gasteiger partial charge in [-0.1, -0.05) is 12.1 Å². The van der Waals surface area contributed by atoms with E-state index >= 15 is 0 Å². The number of para-hydroxylation sites is 1. The summed E-state index contributed by atoms with van der Waals surface area (Å²) in [6.07, 6.45) is 0. The largest absolute Gasteiger partial charge is 0.377 e. The van der Waals surface area contributed by atoms with Crippen LogP contribution in [0.5, 0.6) is 0 Å². The number of nitrogens with one attached hydrogen (secondary N) is 1. The van der Waals surface area contributed by atoms with Gasteiger partial charge in [0.2, 0.25) is 0 Å². The van der Waals surface area contributed by atoms with Crippen molar-refractivity contribution in [2.24, 2.45) is 0 Å². The summed E-state index contributed by atoms with van der Waals surface area (Å²) in [7, 11) is 0. The van der Waals surface area contributed by atoms with Crippen LogP contribution in [0.15, 0.2) is 28.7 Å². The first-order chi connectivity index (χ1) is 8.63. The minimum absolute atomic E-state index is 0.243. The molecule has 0 fully saturated rings. The SMILES string of the molecule is CCn1nc(C)c(Br)c1CNc1ccccc1F. The van der Waals surface area contributed by atoms with Gasteiger partial charge in [0, 0.05) is 6.54 Å². The molecule has 0 bridgehead atoms. The predicted molar refractivity (Wildman–Crippen MR) is 74.1 cm³/mol. The van der Waals surface area contributed by atoms with E-state index in [0.717, 1.165) is 22.4 Å². The van der Waals surface area contributed by atoms with Crippen LogP contribution < -0.4 is 5.32 Å². The van der Waals surface area contributed by atoms with E-state index in [0.29, 0.717) is 12.2 Å². The zero-order valence-corrected chi connectivity index (χ0v) is 12.0. The number of hydrogen-bond acceptors (Lipinski definition) is 2. The summed E-state index contributed by atoms with van der Waals surface area (Å²) in [6.45, 7) is 5.31. The Morgan fingerprint density at radius 2 is 2.11 bits per heavy atom. The van der Waals surface area contributed by atoms with Gasteiger partial charge in [0.05, 0.1) is 28.1 Å². The zero-order valence-electron chi connectivity index (χ0n) is 10.4. The summed E-state index contributed by atoms with van der Waals surface area (Å²) in [5, 5.41) is 7.49. The number of benzene rings is 1. The van der Waals surface area contributed by atoms with Gasteiger partial charge in [-0.05, 0) is 41.9 Å². The van der Waals surface area contributed by atoms with E-state index in [9.17, 15) is 4.39 Å². The third-order valence-electron chi connectivity index (χ3n) is 2.77. The average Bonchev–Trinajstić information content (AvgIpc) is 2.65. The third kappa shape index (κ3) is 2.56. The van der Waals surface area contributed by atoms with Gasteiger partial charge in [-0.3, -0.25) is 4.68 Å². The van der Waals surface area contributed by atoms with E-state index in [2.05, 4.69) is 26.3 Å². The molecule has 1 N–H and O–H groups in total. The lowest BCUT2D eigenvalue weighted by Gasteiger charge is -2.09. The van der Waals surface area contributed by atoms with Crippen molar-refractivity contribution in [1.29, 1.82) is 0 Å². The molecule has 0 aliphatic heterocycles. The van der Waals surface area contributed by atoms with Crippen molar-refractivity contribution in [1.82, 2.24) is 9.78 Å². The molecule has 0 spiro atoms. The van der Waals surface area contributed by atoms with E-state index in [1.807, 2.05) is 24.6 Å². The minimum Gasteiger partial charge on any atom is -0.377 e. The number of rotatable bonds is 4. The van der Waals surface area contributed by atoms with Crippen LogP contribution >= 0.6 is 15.9 Å². The van der Waals surface area contributed by atoms with Crippen molar-refractivity contribution in [3.8, 4) is 0 Å². The predicted octanol–water partition coefficient (Wildman–Crippen LogP) is 3.73. The average molecular weight is 312 g/mol. The van der Waals surface area contributed by atoms with Crippen molar-refractivity contribution in [2.75, 3.05) is 5.32 Å². The molecule has 96 valence electrons. The maximum Gasteiger partial charge on any atom is 0.146 e. The lowest BCUT2D eigenvalue weighted by molar-refractivity contribution is 0.616. The van der Waals surface area contributed by atoms with Crippen LogP contribution in [-0.2, 0) is 13.1 Å². The first-order valence-electron chi connectivity index (χ1n) is 5.83. The highest BCUT2D eigenvalue weighted by atomic mass is 79.9. The fourth-order valence-corrected chi connectivity index (χ4v) is 2.25. The van der Waals surface area contributed by atoms with Gasteiger partial charge in [-0.15, -0.1) is 0 Å². The Morgan fingerprint density at radius 1 is 1.39 bits per heavy atom. The van der Waals surface area contributed by atoms with Crippen LogP contribution in [-0.4, -0.2) is 9.78 Å². The normalized spacial score (nSPS) is 10.7. The molecule has 1 aromatic carbocycles. The summed E-state index contributed by atoms with van der Waals surface area (Å²) >= 11 is 3.52. The molecule has 0 aliphatic rings. The standard InChI is InChI=1S/C13H15BrFN3/c1-3-18-12(13(14)9(2)17-18)8-16-11-7-5-4-6-10(11)15/h4-7,16H,3,8H2,1-2H3. The van der Waals surface area contributed by atoms with Gasteiger partial charge in [0.1, 0.15) is 5.82 Å². The summed E-state index contributed by atoms with van der Waals surface area (Å²) < 4.78 is 16.4. The van der Waals surface area contributed by atoms with Crippen LogP contribution in [0, 0.1) is 12.7 Å². The minimum atomic E-state index is -0.243. The highest BCUT2D eigenvalue weighted by Gasteiger charge is 2.12. The molecule has 0 saturated heterocycles. The first-order valence-corrected chi connectivity index (χ1v) is 6.63. The van der Waals surface area contributed by atoms with Crippen LogP contribution in [0.25, 0.3) is 0 Å². The zero-order chi connectivity index (χ0) is 13.1. The van der Waals surface area contributed by atoms with Gasteiger partial charge in [0.25, 0.3) is 0 Å². The number of nitrogens with zero attached hydrogens (tertiary/aromatic N) is 2. The molecule has 2 rings (SSSR count). The van der Waals surface area contributed by atoms with Gasteiger partial charge >= 0.3 is 0 Å². The number of halogens is 2.